The second-order valence-corrected chi connectivity index (χ2v) is 9.79. The maximum Gasteiger partial charge on any atom is -0.0201 e. The van der Waals surface area contributed by atoms with Crippen LogP contribution in [0.5, 0.6) is 0 Å². The van der Waals surface area contributed by atoms with Crippen molar-refractivity contribution < 1.29 is 0 Å². The summed E-state index contributed by atoms with van der Waals surface area (Å²) in [6.07, 6.45) is 22.5. The van der Waals surface area contributed by atoms with Gasteiger partial charge < -0.3 is 0 Å². The summed E-state index contributed by atoms with van der Waals surface area (Å²) < 4.78 is 0. The van der Waals surface area contributed by atoms with Crippen LogP contribution in [0.4, 0.5) is 0 Å². The van der Waals surface area contributed by atoms with E-state index < -0.39 is 0 Å². The van der Waals surface area contributed by atoms with Crippen LogP contribution in [-0.2, 0) is 0 Å². The fourth-order valence-corrected chi connectivity index (χ4v) is 5.17. The second kappa shape index (κ2) is 13.8. The van der Waals surface area contributed by atoms with Gasteiger partial charge >= 0.3 is 0 Å². The first kappa shape index (κ1) is 24.7. The monoisotopic (exact) mass is 390 g/mol. The first-order chi connectivity index (χ1) is 13.0. The van der Waals surface area contributed by atoms with E-state index >= 15 is 0 Å². The molecule has 2 unspecified atom stereocenters. The van der Waals surface area contributed by atoms with E-state index in [0.717, 1.165) is 36.0 Å². The third-order valence-corrected chi connectivity index (χ3v) is 7.79. The molecular formula is C26H47P. The minimum absolute atomic E-state index is 0.703. The normalized spacial score (nSPS) is 25.5. The van der Waals surface area contributed by atoms with Gasteiger partial charge in [-0.2, -0.15) is 0 Å². The molecule has 0 bridgehead atoms. The molecule has 0 fully saturated rings. The molecule has 0 aromatic rings. The van der Waals surface area contributed by atoms with Crippen molar-refractivity contribution in [2.45, 2.75) is 98.6 Å². The van der Waals surface area contributed by atoms with Gasteiger partial charge in [-0.1, -0.05) is 77.0 Å². The largest absolute Gasteiger partial charge is 0.134 e. The van der Waals surface area contributed by atoms with E-state index in [4.69, 9.17) is 0 Å². The molecule has 0 heterocycles. The Kier molecular flexibility index (Phi) is 12.6. The zero-order chi connectivity index (χ0) is 20.2. The Labute approximate surface area is 173 Å². The lowest BCUT2D eigenvalue weighted by molar-refractivity contribution is 0.190. The number of hydrogen-bond acceptors (Lipinski definition) is 0. The van der Waals surface area contributed by atoms with Gasteiger partial charge in [-0.15, -0.1) is 9.24 Å². The van der Waals surface area contributed by atoms with E-state index in [0.29, 0.717) is 5.66 Å². The fourth-order valence-electron chi connectivity index (χ4n) is 4.71. The van der Waals surface area contributed by atoms with Crippen molar-refractivity contribution in [3.05, 3.63) is 36.0 Å². The van der Waals surface area contributed by atoms with Crippen LogP contribution in [0, 0.1) is 29.6 Å². The van der Waals surface area contributed by atoms with E-state index in [1.165, 1.54) is 44.9 Å². The molecule has 0 aliphatic heterocycles. The smallest absolute Gasteiger partial charge is 0.0201 e. The van der Waals surface area contributed by atoms with Crippen LogP contribution in [0.25, 0.3) is 0 Å². The molecule has 1 heteroatoms. The first-order valence-electron chi connectivity index (χ1n) is 11.7. The van der Waals surface area contributed by atoms with E-state index in [-0.39, 0.29) is 0 Å². The molecule has 0 saturated carbocycles. The average molecular weight is 391 g/mol. The SMILES string of the molecule is C/C=C(/CC)C[C@H](P)[C@@H](C)C[C@@H](C1C=C[C@@H](C)CC1)[C@H](CC)C/C=C\CC. The van der Waals surface area contributed by atoms with Crippen LogP contribution >= 0.6 is 9.24 Å². The van der Waals surface area contributed by atoms with Gasteiger partial charge in [0.15, 0.2) is 0 Å². The van der Waals surface area contributed by atoms with Crippen LogP contribution in [0.15, 0.2) is 36.0 Å². The standard InChI is InChI=1S/C26H47P/c1-7-11-12-13-23(10-4)25(24-16-14-20(5)15-17-24)18-21(6)26(27)19-22(8-2)9-3/h8,11-12,14,16,20-21,23-26H,7,9-10,13,15,17-19,27H2,1-6H3/b12-11-,22-8-/t20-,21+,23-,24?,25-,26+/m1/s1. The lowest BCUT2D eigenvalue weighted by Gasteiger charge is -2.37. The Hall–Kier alpha value is -0.350. The van der Waals surface area contributed by atoms with Crippen molar-refractivity contribution in [2.75, 3.05) is 0 Å². The highest BCUT2D eigenvalue weighted by Crippen LogP contribution is 2.40. The number of allylic oxidation sites excluding steroid dienone is 6. The molecule has 7 atom stereocenters. The Morgan fingerprint density at radius 2 is 1.89 bits per heavy atom. The Balaban J connectivity index is 2.89. The summed E-state index contributed by atoms with van der Waals surface area (Å²) >= 11 is 0. The molecule has 1 rings (SSSR count). The summed E-state index contributed by atoms with van der Waals surface area (Å²) in [6, 6.07) is 0. The minimum Gasteiger partial charge on any atom is -0.134 e. The summed E-state index contributed by atoms with van der Waals surface area (Å²) in [5.74, 6) is 3.97. The van der Waals surface area contributed by atoms with E-state index in [1.807, 2.05) is 0 Å². The molecule has 0 aromatic carbocycles. The summed E-state index contributed by atoms with van der Waals surface area (Å²) in [7, 11) is 3.18. The molecule has 0 saturated heterocycles. The average Bonchev–Trinajstić information content (AvgIpc) is 2.68. The third-order valence-electron chi connectivity index (χ3n) is 6.90. The van der Waals surface area contributed by atoms with Crippen molar-refractivity contribution in [1.29, 1.82) is 0 Å². The number of rotatable bonds is 12. The molecule has 156 valence electrons. The highest BCUT2D eigenvalue weighted by molar-refractivity contribution is 7.17. The Morgan fingerprint density at radius 1 is 1.15 bits per heavy atom. The van der Waals surface area contributed by atoms with Gasteiger partial charge in [0.1, 0.15) is 0 Å². The van der Waals surface area contributed by atoms with E-state index in [9.17, 15) is 0 Å². The molecule has 0 amide bonds. The molecule has 0 nitrogen and oxygen atoms in total. The summed E-state index contributed by atoms with van der Waals surface area (Å²) in [5, 5.41) is 0. The summed E-state index contributed by atoms with van der Waals surface area (Å²) in [4.78, 5) is 0. The predicted molar refractivity (Wildman–Crippen MR) is 128 cm³/mol. The van der Waals surface area contributed by atoms with Gasteiger partial charge in [0.05, 0.1) is 0 Å². The topological polar surface area (TPSA) is 0 Å². The van der Waals surface area contributed by atoms with Crippen LogP contribution < -0.4 is 0 Å². The lowest BCUT2D eigenvalue weighted by Crippen LogP contribution is -2.28. The maximum absolute atomic E-state index is 3.18. The molecule has 0 spiro atoms. The molecule has 1 aliphatic carbocycles. The van der Waals surface area contributed by atoms with Crippen molar-refractivity contribution in [1.82, 2.24) is 0 Å². The molecule has 0 radical (unpaired) electrons. The molecule has 1 aliphatic rings. The van der Waals surface area contributed by atoms with Gasteiger partial charge in [-0.25, -0.2) is 0 Å². The minimum atomic E-state index is 0.703. The highest BCUT2D eigenvalue weighted by Gasteiger charge is 2.30. The maximum atomic E-state index is 3.18. The van der Waals surface area contributed by atoms with Gasteiger partial charge in [0.25, 0.3) is 0 Å². The van der Waals surface area contributed by atoms with Gasteiger partial charge in [-0.05, 0) is 87.1 Å². The van der Waals surface area contributed by atoms with Crippen molar-refractivity contribution in [3.63, 3.8) is 0 Å². The van der Waals surface area contributed by atoms with Crippen molar-refractivity contribution in [3.8, 4) is 0 Å². The third kappa shape index (κ3) is 8.68. The predicted octanol–water partition coefficient (Wildman–Crippen LogP) is 8.60. The summed E-state index contributed by atoms with van der Waals surface area (Å²) in [5.41, 5.74) is 2.32. The Morgan fingerprint density at radius 3 is 2.41 bits per heavy atom. The highest BCUT2D eigenvalue weighted by atomic mass is 31.0. The quantitative estimate of drug-likeness (QED) is 0.231. The zero-order valence-corrected chi connectivity index (χ0v) is 20.2. The fraction of sp³-hybridized carbons (Fsp3) is 0.769. The molecule has 0 aromatic heterocycles. The van der Waals surface area contributed by atoms with Crippen molar-refractivity contribution in [2.24, 2.45) is 29.6 Å². The molecule has 0 N–H and O–H groups in total. The van der Waals surface area contributed by atoms with Crippen LogP contribution in [-0.4, -0.2) is 5.66 Å². The molecule has 27 heavy (non-hydrogen) atoms. The van der Waals surface area contributed by atoms with Crippen LogP contribution in [0.1, 0.15) is 92.9 Å². The van der Waals surface area contributed by atoms with E-state index in [1.54, 1.807) is 5.57 Å². The van der Waals surface area contributed by atoms with Gasteiger partial charge in [-0.3, -0.25) is 0 Å². The second-order valence-electron chi connectivity index (χ2n) is 8.93. The summed E-state index contributed by atoms with van der Waals surface area (Å²) in [6.45, 7) is 14.0. The van der Waals surface area contributed by atoms with E-state index in [2.05, 4.69) is 81.2 Å². The first-order valence-corrected chi connectivity index (χ1v) is 12.4. The lowest BCUT2D eigenvalue weighted by atomic mass is 9.69. The van der Waals surface area contributed by atoms with Crippen LogP contribution in [0.2, 0.25) is 0 Å². The zero-order valence-electron chi connectivity index (χ0n) is 19.1. The molecular weight excluding hydrogens is 343 g/mol. The van der Waals surface area contributed by atoms with Crippen LogP contribution in [0.3, 0.4) is 0 Å². The Bertz CT molecular complexity index is 473. The van der Waals surface area contributed by atoms with Gasteiger partial charge in [0, 0.05) is 0 Å². The van der Waals surface area contributed by atoms with Gasteiger partial charge in [0.2, 0.25) is 0 Å². The number of hydrogen-bond donors (Lipinski definition) is 0. The van der Waals surface area contributed by atoms with Crippen molar-refractivity contribution >= 4 is 9.24 Å².